The lowest BCUT2D eigenvalue weighted by atomic mass is 9.87. The van der Waals surface area contributed by atoms with Crippen LogP contribution in [0.15, 0.2) is 18.2 Å². The van der Waals surface area contributed by atoms with Gasteiger partial charge in [0.25, 0.3) is 0 Å². The van der Waals surface area contributed by atoms with E-state index < -0.39 is 18.1 Å². The van der Waals surface area contributed by atoms with Gasteiger partial charge in [-0.1, -0.05) is 0 Å². The first-order valence-corrected chi connectivity index (χ1v) is 9.80. The number of ketones is 1. The minimum atomic E-state index is -4.14. The maximum absolute atomic E-state index is 12.8. The first-order valence-electron chi connectivity index (χ1n) is 9.80. The summed E-state index contributed by atoms with van der Waals surface area (Å²) < 4.78 is 44.3. The minimum absolute atomic E-state index is 0.0514. The van der Waals surface area contributed by atoms with Crippen LogP contribution in [0.1, 0.15) is 43.6 Å². The number of halogens is 3. The van der Waals surface area contributed by atoms with E-state index in [-0.39, 0.29) is 50.2 Å². The largest absolute Gasteiger partial charge is 0.490 e. The number of Topliss-reactive ketones (excluding diaryl/α,β-unsaturated/α-hetero) is 1. The summed E-state index contributed by atoms with van der Waals surface area (Å²) in [6, 6.07) is 5.36. The van der Waals surface area contributed by atoms with E-state index in [0.29, 0.717) is 25.1 Å². The Morgan fingerprint density at radius 1 is 1.21 bits per heavy atom. The van der Waals surface area contributed by atoms with Crippen molar-refractivity contribution in [2.75, 3.05) is 25.0 Å². The third kappa shape index (κ3) is 5.62. The summed E-state index contributed by atoms with van der Waals surface area (Å²) in [4.78, 5) is 23.0. The number of hydrogen-bond acceptors (Lipinski definition) is 5. The highest BCUT2D eigenvalue weighted by molar-refractivity contribution is 5.91. The first kappa shape index (κ1) is 21.4. The lowest BCUT2D eigenvalue weighted by Gasteiger charge is -2.30. The van der Waals surface area contributed by atoms with Gasteiger partial charge in [0.1, 0.15) is 5.75 Å². The van der Waals surface area contributed by atoms with Gasteiger partial charge in [-0.05, 0) is 49.4 Å². The molecule has 160 valence electrons. The zero-order valence-electron chi connectivity index (χ0n) is 15.9. The Balaban J connectivity index is 1.56. The van der Waals surface area contributed by atoms with Gasteiger partial charge in [-0.3, -0.25) is 9.59 Å². The summed E-state index contributed by atoms with van der Waals surface area (Å²) in [5.74, 6) is -2.04. The number of nitrogens with one attached hydrogen (secondary N) is 2. The Morgan fingerprint density at radius 2 is 1.93 bits per heavy atom. The number of hydrogen-bond donors (Lipinski definition) is 3. The smallest absolute Gasteiger partial charge is 0.391 e. The van der Waals surface area contributed by atoms with Gasteiger partial charge in [0.05, 0.1) is 30.9 Å². The standard InChI is InChI=1S/C20H25F3N2O4/c21-20(22,23)12-1-3-13(4-2-12)29-14-5-6-17-15(9-14)16(10-25-17)18(26)11-24-8-7-19(27)28/h5-6,9,12-13,16,24-25H,1-4,7-8,10-11H2,(H,27,28). The highest BCUT2D eigenvalue weighted by Gasteiger charge is 2.41. The van der Waals surface area contributed by atoms with E-state index in [1.165, 1.54) is 0 Å². The van der Waals surface area contributed by atoms with Gasteiger partial charge in [-0.15, -0.1) is 0 Å². The van der Waals surface area contributed by atoms with Gasteiger partial charge in [0.15, 0.2) is 5.78 Å². The number of carboxylic acid groups (broad SMARTS) is 1. The molecule has 1 aromatic carbocycles. The van der Waals surface area contributed by atoms with Crippen LogP contribution in [0, 0.1) is 5.92 Å². The molecule has 1 saturated carbocycles. The van der Waals surface area contributed by atoms with Crippen LogP contribution in [0.5, 0.6) is 5.75 Å². The van der Waals surface area contributed by atoms with Crippen molar-refractivity contribution in [2.45, 2.75) is 50.3 Å². The molecule has 3 rings (SSSR count). The number of alkyl halides is 3. The highest BCUT2D eigenvalue weighted by Crippen LogP contribution is 2.39. The lowest BCUT2D eigenvalue weighted by molar-refractivity contribution is -0.185. The normalized spacial score (nSPS) is 23.9. The Bertz CT molecular complexity index is 746. The van der Waals surface area contributed by atoms with Gasteiger partial charge in [-0.25, -0.2) is 0 Å². The second-order valence-corrected chi connectivity index (χ2v) is 7.60. The molecule has 1 aliphatic heterocycles. The number of rotatable bonds is 8. The van der Waals surface area contributed by atoms with Gasteiger partial charge < -0.3 is 20.5 Å². The van der Waals surface area contributed by atoms with Crippen LogP contribution in [0.4, 0.5) is 18.9 Å². The fraction of sp³-hybridized carbons (Fsp3) is 0.600. The molecule has 29 heavy (non-hydrogen) atoms. The van der Waals surface area contributed by atoms with Gasteiger partial charge >= 0.3 is 12.1 Å². The molecule has 1 heterocycles. The molecular formula is C20H25F3N2O4. The van der Waals surface area contributed by atoms with E-state index in [2.05, 4.69) is 10.6 Å². The van der Waals surface area contributed by atoms with Crippen LogP contribution in [0.2, 0.25) is 0 Å². The van der Waals surface area contributed by atoms with Crippen molar-refractivity contribution in [3.8, 4) is 5.75 Å². The number of aliphatic carboxylic acids is 1. The lowest BCUT2D eigenvalue weighted by Crippen LogP contribution is -2.32. The molecule has 1 atom stereocenters. The Morgan fingerprint density at radius 3 is 2.59 bits per heavy atom. The van der Waals surface area contributed by atoms with Crippen molar-refractivity contribution >= 4 is 17.4 Å². The van der Waals surface area contributed by atoms with Gasteiger partial charge in [0, 0.05) is 18.8 Å². The summed E-state index contributed by atoms with van der Waals surface area (Å²) in [7, 11) is 0. The average Bonchev–Trinajstić information content (AvgIpc) is 3.08. The topological polar surface area (TPSA) is 87.7 Å². The fourth-order valence-electron chi connectivity index (χ4n) is 3.90. The maximum atomic E-state index is 12.8. The first-order chi connectivity index (χ1) is 13.7. The predicted octanol–water partition coefficient (Wildman–Crippen LogP) is 3.33. The molecule has 0 radical (unpaired) electrons. The van der Waals surface area contributed by atoms with E-state index in [9.17, 15) is 22.8 Å². The summed E-state index contributed by atoms with van der Waals surface area (Å²) in [6.07, 6.45) is -3.59. The third-order valence-electron chi connectivity index (χ3n) is 5.54. The molecule has 9 heteroatoms. The molecule has 1 unspecified atom stereocenters. The third-order valence-corrected chi connectivity index (χ3v) is 5.54. The Kier molecular flexibility index (Phi) is 6.66. The van der Waals surface area contributed by atoms with Crippen LogP contribution in [-0.4, -0.2) is 48.8 Å². The predicted molar refractivity (Wildman–Crippen MR) is 100 cm³/mol. The number of carboxylic acids is 1. The average molecular weight is 414 g/mol. The second kappa shape index (κ2) is 9.02. The van der Waals surface area contributed by atoms with Crippen LogP contribution in [0.3, 0.4) is 0 Å². The van der Waals surface area contributed by atoms with Crippen LogP contribution < -0.4 is 15.4 Å². The van der Waals surface area contributed by atoms with Crippen LogP contribution in [0.25, 0.3) is 0 Å². The van der Waals surface area contributed by atoms with Crippen molar-refractivity contribution in [3.63, 3.8) is 0 Å². The van der Waals surface area contributed by atoms with E-state index in [1.807, 2.05) is 6.07 Å². The monoisotopic (exact) mass is 414 g/mol. The van der Waals surface area contributed by atoms with E-state index in [4.69, 9.17) is 9.84 Å². The van der Waals surface area contributed by atoms with Crippen molar-refractivity contribution < 1.29 is 32.6 Å². The Labute approximate surface area is 166 Å². The van der Waals surface area contributed by atoms with Crippen molar-refractivity contribution in [1.82, 2.24) is 5.32 Å². The number of anilines is 1. The van der Waals surface area contributed by atoms with E-state index in [0.717, 1.165) is 11.3 Å². The number of ether oxygens (including phenoxy) is 1. The minimum Gasteiger partial charge on any atom is -0.490 e. The number of carbonyl (C=O) groups excluding carboxylic acids is 1. The summed E-state index contributed by atoms with van der Waals surface area (Å²) >= 11 is 0. The van der Waals surface area contributed by atoms with Crippen LogP contribution >= 0.6 is 0 Å². The second-order valence-electron chi connectivity index (χ2n) is 7.60. The zero-order chi connectivity index (χ0) is 21.0. The molecule has 2 aliphatic rings. The quantitative estimate of drug-likeness (QED) is 0.566. The van der Waals surface area contributed by atoms with Gasteiger partial charge in [0.2, 0.25) is 0 Å². The summed E-state index contributed by atoms with van der Waals surface area (Å²) in [5, 5.41) is 14.6. The summed E-state index contributed by atoms with van der Waals surface area (Å²) in [5.41, 5.74) is 1.64. The molecule has 6 nitrogen and oxygen atoms in total. The summed E-state index contributed by atoms with van der Waals surface area (Å²) in [6.45, 7) is 0.748. The molecule has 1 aromatic rings. The molecule has 0 aromatic heterocycles. The van der Waals surface area contributed by atoms with Gasteiger partial charge in [-0.2, -0.15) is 13.2 Å². The molecule has 0 spiro atoms. The van der Waals surface area contributed by atoms with Crippen molar-refractivity contribution in [3.05, 3.63) is 23.8 Å². The zero-order valence-corrected chi connectivity index (χ0v) is 15.9. The molecule has 0 bridgehead atoms. The molecule has 0 saturated heterocycles. The van der Waals surface area contributed by atoms with Crippen molar-refractivity contribution in [1.29, 1.82) is 0 Å². The fourth-order valence-corrected chi connectivity index (χ4v) is 3.90. The van der Waals surface area contributed by atoms with Crippen molar-refractivity contribution in [2.24, 2.45) is 5.92 Å². The van der Waals surface area contributed by atoms with Crippen LogP contribution in [-0.2, 0) is 9.59 Å². The maximum Gasteiger partial charge on any atom is 0.391 e. The molecule has 1 fully saturated rings. The number of benzene rings is 1. The Hall–Kier alpha value is -2.29. The molecule has 3 N–H and O–H groups in total. The highest BCUT2D eigenvalue weighted by atomic mass is 19.4. The van der Waals surface area contributed by atoms with E-state index in [1.54, 1.807) is 12.1 Å². The molecule has 1 aliphatic carbocycles. The molecule has 0 amide bonds. The van der Waals surface area contributed by atoms with E-state index >= 15 is 0 Å². The SMILES string of the molecule is O=C(O)CCNCC(=O)C1CNc2ccc(OC3CCC(C(F)(F)F)CC3)cc21. The number of carbonyl (C=O) groups is 2. The number of fused-ring (bicyclic) bond motifs is 1. The molecular weight excluding hydrogens is 389 g/mol.